The van der Waals surface area contributed by atoms with E-state index in [1.807, 2.05) is 42.5 Å². The smallest absolute Gasteiger partial charge is 0.193 e. The molecule has 1 saturated carbocycles. The maximum absolute atomic E-state index is 12.5. The molecule has 1 heterocycles. The van der Waals surface area contributed by atoms with Gasteiger partial charge >= 0.3 is 0 Å². The van der Waals surface area contributed by atoms with Crippen molar-refractivity contribution >= 4 is 5.78 Å². The van der Waals surface area contributed by atoms with Gasteiger partial charge in [-0.3, -0.25) is 4.79 Å². The summed E-state index contributed by atoms with van der Waals surface area (Å²) in [5.74, 6) is 0.888. The Labute approximate surface area is 123 Å². The summed E-state index contributed by atoms with van der Waals surface area (Å²) in [4.78, 5) is 12.5. The third-order valence-electron chi connectivity index (χ3n) is 3.93. The van der Waals surface area contributed by atoms with E-state index in [1.54, 1.807) is 0 Å². The molecule has 3 nitrogen and oxygen atoms in total. The van der Waals surface area contributed by atoms with Crippen molar-refractivity contribution in [2.24, 2.45) is 0 Å². The van der Waals surface area contributed by atoms with Gasteiger partial charge in [-0.15, -0.1) is 0 Å². The van der Waals surface area contributed by atoms with Crippen LogP contribution < -0.4 is 4.74 Å². The minimum absolute atomic E-state index is 0.0441. The Bertz CT molecular complexity index is 684. The Morgan fingerprint density at radius 2 is 1.67 bits per heavy atom. The van der Waals surface area contributed by atoms with Crippen LogP contribution in [0.1, 0.15) is 39.9 Å². The number of benzene rings is 2. The lowest BCUT2D eigenvalue weighted by molar-refractivity contribution is 0.103. The highest BCUT2D eigenvalue weighted by molar-refractivity contribution is 6.09. The fourth-order valence-corrected chi connectivity index (χ4v) is 2.54. The Morgan fingerprint density at radius 3 is 2.43 bits per heavy atom. The summed E-state index contributed by atoms with van der Waals surface area (Å²) < 4.78 is 11.1. The molecule has 0 aromatic heterocycles. The summed E-state index contributed by atoms with van der Waals surface area (Å²) >= 11 is 0. The molecule has 0 atom stereocenters. The van der Waals surface area contributed by atoms with Gasteiger partial charge in [0.15, 0.2) is 5.78 Å². The van der Waals surface area contributed by atoms with Crippen molar-refractivity contribution in [2.45, 2.75) is 32.2 Å². The summed E-state index contributed by atoms with van der Waals surface area (Å²) in [6, 6.07) is 13.2. The van der Waals surface area contributed by atoms with E-state index in [9.17, 15) is 4.79 Å². The lowest BCUT2D eigenvalue weighted by Crippen LogP contribution is -2.03. The van der Waals surface area contributed by atoms with E-state index < -0.39 is 0 Å². The molecule has 2 aliphatic rings. The predicted octanol–water partition coefficient (Wildman–Crippen LogP) is 3.49. The van der Waals surface area contributed by atoms with Crippen molar-refractivity contribution in [3.8, 4) is 5.75 Å². The van der Waals surface area contributed by atoms with Gasteiger partial charge in [0.1, 0.15) is 5.75 Å². The average Bonchev–Trinajstić information content (AvgIpc) is 3.21. The first-order valence-electron chi connectivity index (χ1n) is 7.30. The number of ether oxygens (including phenoxy) is 2. The number of hydrogen-bond acceptors (Lipinski definition) is 3. The summed E-state index contributed by atoms with van der Waals surface area (Å²) in [6.45, 7) is 1.25. The molecule has 0 amide bonds. The molecule has 0 spiro atoms. The highest BCUT2D eigenvalue weighted by atomic mass is 16.5. The molecule has 0 N–H and O–H groups in total. The summed E-state index contributed by atoms with van der Waals surface area (Å²) in [7, 11) is 0. The molecular formula is C18H16O3. The van der Waals surface area contributed by atoms with Gasteiger partial charge in [0.2, 0.25) is 0 Å². The third-order valence-corrected chi connectivity index (χ3v) is 3.93. The fraction of sp³-hybridized carbons (Fsp3) is 0.278. The van der Waals surface area contributed by atoms with Gasteiger partial charge in [-0.25, -0.2) is 0 Å². The van der Waals surface area contributed by atoms with Crippen LogP contribution in [0, 0.1) is 0 Å². The van der Waals surface area contributed by atoms with Crippen molar-refractivity contribution < 1.29 is 14.3 Å². The maximum Gasteiger partial charge on any atom is 0.193 e. The summed E-state index contributed by atoms with van der Waals surface area (Å²) in [5, 5.41) is 0. The topological polar surface area (TPSA) is 35.5 Å². The second-order valence-electron chi connectivity index (χ2n) is 5.65. The summed E-state index contributed by atoms with van der Waals surface area (Å²) in [6.07, 6.45) is 2.65. The van der Waals surface area contributed by atoms with Crippen LogP contribution in [0.4, 0.5) is 0 Å². The number of rotatable bonds is 4. The quantitative estimate of drug-likeness (QED) is 0.804. The van der Waals surface area contributed by atoms with Crippen LogP contribution in [0.15, 0.2) is 42.5 Å². The van der Waals surface area contributed by atoms with Crippen LogP contribution in [0.3, 0.4) is 0 Å². The van der Waals surface area contributed by atoms with Crippen molar-refractivity contribution in [2.75, 3.05) is 0 Å². The number of fused-ring (bicyclic) bond motifs is 1. The maximum atomic E-state index is 12.5. The molecule has 0 bridgehead atoms. The Balaban J connectivity index is 1.55. The fourth-order valence-electron chi connectivity index (χ4n) is 2.54. The van der Waals surface area contributed by atoms with Crippen molar-refractivity contribution in [1.82, 2.24) is 0 Å². The van der Waals surface area contributed by atoms with Crippen LogP contribution >= 0.6 is 0 Å². The second kappa shape index (κ2) is 5.01. The van der Waals surface area contributed by atoms with E-state index in [0.717, 1.165) is 29.7 Å². The van der Waals surface area contributed by atoms with E-state index in [0.29, 0.717) is 24.9 Å². The first kappa shape index (κ1) is 12.6. The largest absolute Gasteiger partial charge is 0.490 e. The van der Waals surface area contributed by atoms with Gasteiger partial charge in [-0.1, -0.05) is 12.1 Å². The molecule has 1 aliphatic heterocycles. The van der Waals surface area contributed by atoms with Crippen LogP contribution in [0.5, 0.6) is 5.75 Å². The number of carbonyl (C=O) groups excluding carboxylic acids is 1. The monoisotopic (exact) mass is 280 g/mol. The van der Waals surface area contributed by atoms with E-state index in [-0.39, 0.29) is 5.78 Å². The number of hydrogen-bond donors (Lipinski definition) is 0. The second-order valence-corrected chi connectivity index (χ2v) is 5.65. The van der Waals surface area contributed by atoms with Crippen molar-refractivity contribution in [1.29, 1.82) is 0 Å². The first-order valence-corrected chi connectivity index (χ1v) is 7.30. The molecular weight excluding hydrogens is 264 g/mol. The van der Waals surface area contributed by atoms with Crippen LogP contribution in [-0.4, -0.2) is 11.9 Å². The zero-order chi connectivity index (χ0) is 14.2. The van der Waals surface area contributed by atoms with Crippen LogP contribution in [-0.2, 0) is 18.0 Å². The molecule has 2 aromatic rings. The van der Waals surface area contributed by atoms with Gasteiger partial charge in [-0.2, -0.15) is 0 Å². The van der Waals surface area contributed by atoms with E-state index >= 15 is 0 Å². The molecule has 1 fully saturated rings. The van der Waals surface area contributed by atoms with Crippen molar-refractivity contribution in [3.05, 3.63) is 64.7 Å². The average molecular weight is 280 g/mol. The lowest BCUT2D eigenvalue weighted by Gasteiger charge is -2.06. The van der Waals surface area contributed by atoms with Crippen LogP contribution in [0.2, 0.25) is 0 Å². The standard InChI is InChI=1S/C18H16O3/c19-18(13-1-2-14-10-20-11-15(14)9-13)12-3-5-16(6-4-12)21-17-7-8-17/h1-6,9,17H,7-8,10-11H2. The Hall–Kier alpha value is -2.13. The van der Waals surface area contributed by atoms with E-state index in [4.69, 9.17) is 9.47 Å². The Morgan fingerprint density at radius 1 is 0.952 bits per heavy atom. The lowest BCUT2D eigenvalue weighted by atomic mass is 9.99. The normalized spacial score (nSPS) is 16.6. The SMILES string of the molecule is O=C(c1ccc(OC2CC2)cc1)c1ccc2c(c1)COC2. The van der Waals surface area contributed by atoms with Gasteiger partial charge in [0, 0.05) is 11.1 Å². The van der Waals surface area contributed by atoms with Crippen LogP contribution in [0.25, 0.3) is 0 Å². The van der Waals surface area contributed by atoms with Gasteiger partial charge in [0.25, 0.3) is 0 Å². The molecule has 4 rings (SSSR count). The Kier molecular flexibility index (Phi) is 3.00. The number of carbonyl (C=O) groups is 1. The van der Waals surface area contributed by atoms with Gasteiger partial charge < -0.3 is 9.47 Å². The molecule has 2 aromatic carbocycles. The zero-order valence-electron chi connectivity index (χ0n) is 11.7. The zero-order valence-corrected chi connectivity index (χ0v) is 11.7. The molecule has 106 valence electrons. The van der Waals surface area contributed by atoms with E-state index in [1.165, 1.54) is 5.56 Å². The minimum atomic E-state index is 0.0441. The van der Waals surface area contributed by atoms with E-state index in [2.05, 4.69) is 0 Å². The van der Waals surface area contributed by atoms with Gasteiger partial charge in [0.05, 0.1) is 19.3 Å². The molecule has 0 saturated heterocycles. The first-order chi connectivity index (χ1) is 10.3. The molecule has 3 heteroatoms. The highest BCUT2D eigenvalue weighted by Crippen LogP contribution is 2.27. The minimum Gasteiger partial charge on any atom is -0.490 e. The highest BCUT2D eigenvalue weighted by Gasteiger charge is 2.23. The molecule has 0 unspecified atom stereocenters. The van der Waals surface area contributed by atoms with Gasteiger partial charge in [-0.05, 0) is 54.3 Å². The van der Waals surface area contributed by atoms with Crippen molar-refractivity contribution in [3.63, 3.8) is 0 Å². The molecule has 1 aliphatic carbocycles. The summed E-state index contributed by atoms with van der Waals surface area (Å²) in [5.41, 5.74) is 3.71. The number of ketones is 1. The predicted molar refractivity (Wildman–Crippen MR) is 78.5 cm³/mol. The molecule has 0 radical (unpaired) electrons. The third kappa shape index (κ3) is 2.57. The molecule has 21 heavy (non-hydrogen) atoms.